The van der Waals surface area contributed by atoms with Gasteiger partial charge < -0.3 is 14.2 Å². The first-order valence-corrected chi connectivity index (χ1v) is 24.4. The summed E-state index contributed by atoms with van der Waals surface area (Å²) in [5, 5.41) is 0. The minimum absolute atomic E-state index is 0.0648. The molecule has 0 saturated carbocycles. The van der Waals surface area contributed by atoms with Gasteiger partial charge in [-0.3, -0.25) is 14.4 Å². The normalized spacial score (nSPS) is 11.9. The Hall–Kier alpha value is -1.59. The maximum atomic E-state index is 12.5. The van der Waals surface area contributed by atoms with Crippen LogP contribution in [0.4, 0.5) is 0 Å². The molecule has 55 heavy (non-hydrogen) atoms. The van der Waals surface area contributed by atoms with Gasteiger partial charge in [0.05, 0.1) is 0 Å². The summed E-state index contributed by atoms with van der Waals surface area (Å²) in [6, 6.07) is 0. The molecular weight excluding hydrogens is 685 g/mol. The van der Waals surface area contributed by atoms with E-state index >= 15 is 0 Å². The van der Waals surface area contributed by atoms with Crippen LogP contribution in [-0.4, -0.2) is 37.2 Å². The van der Waals surface area contributed by atoms with Gasteiger partial charge in [-0.1, -0.05) is 233 Å². The highest BCUT2D eigenvalue weighted by molar-refractivity contribution is 5.71. The molecule has 0 radical (unpaired) electrons. The van der Waals surface area contributed by atoms with Crippen molar-refractivity contribution in [1.82, 2.24) is 0 Å². The van der Waals surface area contributed by atoms with Crippen molar-refractivity contribution in [2.75, 3.05) is 13.2 Å². The van der Waals surface area contributed by atoms with Gasteiger partial charge in [0.1, 0.15) is 13.2 Å². The van der Waals surface area contributed by atoms with E-state index in [0.29, 0.717) is 19.3 Å². The van der Waals surface area contributed by atoms with Gasteiger partial charge in [-0.25, -0.2) is 0 Å². The summed E-state index contributed by atoms with van der Waals surface area (Å²) in [6.07, 6.45) is 44.1. The number of carbonyl (C=O) groups excluding carboxylic acids is 3. The maximum Gasteiger partial charge on any atom is 0.306 e. The maximum absolute atomic E-state index is 12.5. The van der Waals surface area contributed by atoms with Crippen molar-refractivity contribution in [3.05, 3.63) is 0 Å². The third-order valence-corrected chi connectivity index (χ3v) is 11.0. The number of hydrogen-bond donors (Lipinski definition) is 0. The quantitative estimate of drug-likeness (QED) is 0.0348. The lowest BCUT2D eigenvalue weighted by molar-refractivity contribution is -0.167. The third-order valence-electron chi connectivity index (χ3n) is 11.0. The summed E-state index contributed by atoms with van der Waals surface area (Å²) in [4.78, 5) is 37.5. The van der Waals surface area contributed by atoms with Crippen LogP contribution in [0.3, 0.4) is 0 Å². The molecule has 0 N–H and O–H groups in total. The Kier molecular flexibility index (Phi) is 42.3. The van der Waals surface area contributed by atoms with Crippen LogP contribution in [-0.2, 0) is 28.6 Å². The lowest BCUT2D eigenvalue weighted by atomic mass is 10.0. The van der Waals surface area contributed by atoms with E-state index in [0.717, 1.165) is 70.1 Å². The van der Waals surface area contributed by atoms with Crippen LogP contribution in [0.5, 0.6) is 0 Å². The molecule has 0 amide bonds. The molecule has 0 aromatic heterocycles. The van der Waals surface area contributed by atoms with Crippen molar-refractivity contribution < 1.29 is 28.6 Å². The first-order chi connectivity index (χ1) is 26.9. The predicted molar refractivity (Wildman–Crippen MR) is 233 cm³/mol. The van der Waals surface area contributed by atoms with Crippen LogP contribution >= 0.6 is 0 Å². The van der Waals surface area contributed by atoms with Crippen molar-refractivity contribution in [2.24, 2.45) is 5.92 Å². The first-order valence-electron chi connectivity index (χ1n) is 24.4. The van der Waals surface area contributed by atoms with Crippen molar-refractivity contribution in [2.45, 2.75) is 278 Å². The molecular formula is C49H94O6. The Morgan fingerprint density at radius 1 is 0.345 bits per heavy atom. The summed E-state index contributed by atoms with van der Waals surface area (Å²) in [5.41, 5.74) is 0. The molecule has 0 heterocycles. The third kappa shape index (κ3) is 43.4. The lowest BCUT2D eigenvalue weighted by Gasteiger charge is -2.18. The highest BCUT2D eigenvalue weighted by Crippen LogP contribution is 2.17. The molecule has 0 aliphatic heterocycles. The smallest absolute Gasteiger partial charge is 0.306 e. The van der Waals surface area contributed by atoms with Crippen LogP contribution in [0.1, 0.15) is 272 Å². The fourth-order valence-electron chi connectivity index (χ4n) is 7.33. The Morgan fingerprint density at radius 2 is 0.600 bits per heavy atom. The van der Waals surface area contributed by atoms with Gasteiger partial charge in [-0.05, 0) is 25.2 Å². The summed E-state index contributed by atoms with van der Waals surface area (Å²) >= 11 is 0. The number of carbonyl (C=O) groups is 3. The van der Waals surface area contributed by atoms with Crippen LogP contribution < -0.4 is 0 Å². The second-order valence-electron chi connectivity index (χ2n) is 17.2. The van der Waals surface area contributed by atoms with E-state index < -0.39 is 6.10 Å². The average Bonchev–Trinajstić information content (AvgIpc) is 3.17. The summed E-state index contributed by atoms with van der Waals surface area (Å²) in [7, 11) is 0. The second-order valence-corrected chi connectivity index (χ2v) is 17.2. The molecule has 6 nitrogen and oxygen atoms in total. The predicted octanol–water partition coefficient (Wildman–Crippen LogP) is 15.5. The number of hydrogen-bond acceptors (Lipinski definition) is 6. The molecule has 0 aromatic carbocycles. The molecule has 1 atom stereocenters. The molecule has 0 fully saturated rings. The van der Waals surface area contributed by atoms with Crippen molar-refractivity contribution in [1.29, 1.82) is 0 Å². The summed E-state index contributed by atoms with van der Waals surface area (Å²) in [5.74, 6) is -0.0378. The Morgan fingerprint density at radius 3 is 0.891 bits per heavy atom. The zero-order valence-electron chi connectivity index (χ0n) is 37.4. The van der Waals surface area contributed by atoms with E-state index in [-0.39, 0.29) is 31.1 Å². The minimum atomic E-state index is -0.758. The molecule has 0 aromatic rings. The summed E-state index contributed by atoms with van der Waals surface area (Å²) < 4.78 is 16.6. The van der Waals surface area contributed by atoms with Crippen molar-refractivity contribution in [3.8, 4) is 0 Å². The zero-order valence-corrected chi connectivity index (χ0v) is 37.4. The molecule has 6 heteroatoms. The monoisotopic (exact) mass is 779 g/mol. The molecule has 0 spiro atoms. The van der Waals surface area contributed by atoms with Crippen molar-refractivity contribution >= 4 is 17.9 Å². The fraction of sp³-hybridized carbons (Fsp3) is 0.939. The second kappa shape index (κ2) is 43.5. The van der Waals surface area contributed by atoms with Crippen LogP contribution in [0, 0.1) is 5.92 Å². The van der Waals surface area contributed by atoms with Crippen LogP contribution in [0.15, 0.2) is 0 Å². The Labute approximate surface area is 342 Å². The highest BCUT2D eigenvalue weighted by Gasteiger charge is 2.19. The Bertz CT molecular complexity index is 826. The molecule has 0 rings (SSSR count). The fourth-order valence-corrected chi connectivity index (χ4v) is 7.33. The molecule has 326 valence electrons. The van der Waals surface area contributed by atoms with Gasteiger partial charge in [0, 0.05) is 19.3 Å². The van der Waals surface area contributed by atoms with E-state index in [4.69, 9.17) is 14.2 Å². The minimum Gasteiger partial charge on any atom is -0.462 e. The largest absolute Gasteiger partial charge is 0.462 e. The molecule has 0 bridgehead atoms. The van der Waals surface area contributed by atoms with E-state index in [1.165, 1.54) is 161 Å². The first kappa shape index (κ1) is 53.4. The van der Waals surface area contributed by atoms with Crippen molar-refractivity contribution in [3.63, 3.8) is 0 Å². The number of unbranched alkanes of at least 4 members (excludes halogenated alkanes) is 31. The van der Waals surface area contributed by atoms with Crippen LogP contribution in [0.25, 0.3) is 0 Å². The average molecular weight is 779 g/mol. The zero-order chi connectivity index (χ0) is 40.3. The Balaban J connectivity index is 4.07. The standard InChI is InChI=1S/C49H94O6/c1-5-7-9-11-12-13-14-15-16-17-18-19-20-23-26-29-33-36-40-47(50)53-43-46(55-49(52)42-38-31-10-8-6-2)44-54-48(51)41-37-34-30-27-24-21-22-25-28-32-35-39-45(3)4/h45-46H,5-44H2,1-4H3/t46-/m1/s1. The molecule has 0 saturated heterocycles. The highest BCUT2D eigenvalue weighted by atomic mass is 16.6. The lowest BCUT2D eigenvalue weighted by Crippen LogP contribution is -2.30. The van der Waals surface area contributed by atoms with E-state index in [9.17, 15) is 14.4 Å². The molecule has 0 aliphatic rings. The van der Waals surface area contributed by atoms with Gasteiger partial charge in [0.25, 0.3) is 0 Å². The number of rotatable bonds is 44. The van der Waals surface area contributed by atoms with E-state index in [1.807, 2.05) is 0 Å². The number of esters is 3. The molecule has 0 unspecified atom stereocenters. The van der Waals surface area contributed by atoms with Gasteiger partial charge in [0.15, 0.2) is 6.10 Å². The molecule has 0 aliphatic carbocycles. The van der Waals surface area contributed by atoms with Crippen LogP contribution in [0.2, 0.25) is 0 Å². The van der Waals surface area contributed by atoms with Gasteiger partial charge >= 0.3 is 17.9 Å². The number of ether oxygens (including phenoxy) is 3. The topological polar surface area (TPSA) is 78.9 Å². The van der Waals surface area contributed by atoms with E-state index in [2.05, 4.69) is 27.7 Å². The SMILES string of the molecule is CCCCCCCCCCCCCCCCCCCCC(=O)OC[C@H](COC(=O)CCCCCCCCCCCCCC(C)C)OC(=O)CCCCCCC. The van der Waals surface area contributed by atoms with E-state index in [1.54, 1.807) is 0 Å². The summed E-state index contributed by atoms with van der Waals surface area (Å²) in [6.45, 7) is 8.93. The van der Waals surface area contributed by atoms with Gasteiger partial charge in [-0.15, -0.1) is 0 Å². The van der Waals surface area contributed by atoms with Gasteiger partial charge in [-0.2, -0.15) is 0 Å². The van der Waals surface area contributed by atoms with Gasteiger partial charge in [0.2, 0.25) is 0 Å².